The van der Waals surface area contributed by atoms with Gasteiger partial charge in [-0.15, -0.1) is 11.3 Å². The number of amides is 2. The highest BCUT2D eigenvalue weighted by atomic mass is 32.2. The number of para-hydroxylation sites is 1. The summed E-state index contributed by atoms with van der Waals surface area (Å²) in [5, 5.41) is 4.94. The fraction of sp³-hybridized carbons (Fsp3) is 0.286. The number of carbonyl (C=O) groups excluding carboxylic acids is 2. The van der Waals surface area contributed by atoms with Gasteiger partial charge in [-0.2, -0.15) is 0 Å². The van der Waals surface area contributed by atoms with E-state index >= 15 is 0 Å². The molecule has 2 aromatic rings. The lowest BCUT2D eigenvalue weighted by Crippen LogP contribution is -2.29. The molecule has 0 radical (unpaired) electrons. The molecule has 3 rings (SSSR count). The molecule has 1 aliphatic rings. The maximum absolute atomic E-state index is 12.5. The Morgan fingerprint density at radius 2 is 2.00 bits per heavy atom. The minimum Gasteiger partial charge on any atom is -0.326 e. The summed E-state index contributed by atoms with van der Waals surface area (Å²) < 4.78 is 0.616. The summed E-state index contributed by atoms with van der Waals surface area (Å²) in [6.45, 7) is 2.58. The molecule has 28 heavy (non-hydrogen) atoms. The van der Waals surface area contributed by atoms with E-state index in [1.54, 1.807) is 16.2 Å². The fourth-order valence-electron chi connectivity index (χ4n) is 2.85. The number of thioether (sulfide) groups is 1. The van der Waals surface area contributed by atoms with Crippen molar-refractivity contribution in [3.63, 3.8) is 0 Å². The van der Waals surface area contributed by atoms with Crippen LogP contribution in [0.1, 0.15) is 36.1 Å². The van der Waals surface area contributed by atoms with Crippen LogP contribution in [0.25, 0.3) is 6.08 Å². The van der Waals surface area contributed by atoms with E-state index in [0.29, 0.717) is 22.2 Å². The van der Waals surface area contributed by atoms with Crippen molar-refractivity contribution >= 4 is 63.2 Å². The van der Waals surface area contributed by atoms with Gasteiger partial charge in [0.15, 0.2) is 0 Å². The summed E-state index contributed by atoms with van der Waals surface area (Å²) in [5.74, 6) is 0.0134. The lowest BCUT2D eigenvalue weighted by atomic mass is 10.1. The van der Waals surface area contributed by atoms with E-state index in [9.17, 15) is 9.59 Å². The van der Waals surface area contributed by atoms with Gasteiger partial charge in [0.1, 0.15) is 4.32 Å². The zero-order valence-electron chi connectivity index (χ0n) is 15.6. The van der Waals surface area contributed by atoms with Crippen LogP contribution in [0.3, 0.4) is 0 Å². The molecule has 0 spiro atoms. The summed E-state index contributed by atoms with van der Waals surface area (Å²) in [6.07, 6.45) is 4.88. The molecule has 1 saturated heterocycles. The third-order valence-corrected chi connectivity index (χ3v) is 6.59. The Morgan fingerprint density at radius 3 is 2.75 bits per heavy atom. The minimum atomic E-state index is -0.0132. The number of hydrogen-bond acceptors (Lipinski definition) is 5. The second kappa shape index (κ2) is 10.0. The molecule has 0 bridgehead atoms. The van der Waals surface area contributed by atoms with Gasteiger partial charge in [-0.25, -0.2) is 0 Å². The third kappa shape index (κ3) is 5.53. The number of benzene rings is 1. The number of carbonyl (C=O) groups is 2. The average molecular weight is 431 g/mol. The Bertz CT molecular complexity index is 891. The molecule has 2 amide bonds. The van der Waals surface area contributed by atoms with Gasteiger partial charge in [-0.05, 0) is 48.9 Å². The zero-order valence-corrected chi connectivity index (χ0v) is 18.1. The van der Waals surface area contributed by atoms with Crippen LogP contribution in [0.2, 0.25) is 0 Å². The first-order valence-corrected chi connectivity index (χ1v) is 11.3. The second-order valence-electron chi connectivity index (χ2n) is 6.52. The van der Waals surface area contributed by atoms with Crippen LogP contribution < -0.4 is 5.32 Å². The van der Waals surface area contributed by atoms with Gasteiger partial charge in [0.05, 0.1) is 4.91 Å². The van der Waals surface area contributed by atoms with E-state index in [0.717, 1.165) is 35.4 Å². The molecule has 4 nitrogen and oxygen atoms in total. The van der Waals surface area contributed by atoms with E-state index < -0.39 is 0 Å². The number of rotatable bonds is 8. The Labute approximate surface area is 179 Å². The molecule has 7 heteroatoms. The van der Waals surface area contributed by atoms with E-state index in [1.165, 1.54) is 11.8 Å². The van der Waals surface area contributed by atoms with Crippen molar-refractivity contribution in [2.24, 2.45) is 0 Å². The van der Waals surface area contributed by atoms with Crippen molar-refractivity contribution in [1.82, 2.24) is 4.90 Å². The number of thiocarbonyl (C=S) groups is 1. The molecular weight excluding hydrogens is 408 g/mol. The number of aryl methyl sites for hydroxylation is 1. The molecule has 146 valence electrons. The highest BCUT2D eigenvalue weighted by molar-refractivity contribution is 8.26. The minimum absolute atomic E-state index is 0.0132. The van der Waals surface area contributed by atoms with Crippen LogP contribution in [0.15, 0.2) is 46.7 Å². The number of hydrogen-bond donors (Lipinski definition) is 1. The van der Waals surface area contributed by atoms with Crippen LogP contribution in [-0.4, -0.2) is 27.6 Å². The molecule has 1 aromatic carbocycles. The molecule has 0 unspecified atom stereocenters. The number of unbranched alkanes of at least 4 members (excludes halogenated alkanes) is 2. The Balaban J connectivity index is 1.39. The van der Waals surface area contributed by atoms with Crippen LogP contribution >= 0.6 is 35.3 Å². The smallest absolute Gasteiger partial charge is 0.266 e. The molecule has 0 aliphatic carbocycles. The quantitative estimate of drug-likeness (QED) is 0.343. The molecule has 1 N–H and O–H groups in total. The summed E-state index contributed by atoms with van der Waals surface area (Å²) in [5.41, 5.74) is 1.92. The molecule has 1 fully saturated rings. The van der Waals surface area contributed by atoms with Crippen LogP contribution in [0, 0.1) is 6.92 Å². The van der Waals surface area contributed by atoms with Crippen molar-refractivity contribution in [2.45, 2.75) is 32.6 Å². The van der Waals surface area contributed by atoms with E-state index in [-0.39, 0.29) is 11.8 Å². The van der Waals surface area contributed by atoms with Crippen molar-refractivity contribution in [3.05, 3.63) is 57.1 Å². The highest BCUT2D eigenvalue weighted by Crippen LogP contribution is 2.33. The van der Waals surface area contributed by atoms with Gasteiger partial charge in [0.2, 0.25) is 5.91 Å². The van der Waals surface area contributed by atoms with Crippen molar-refractivity contribution in [2.75, 3.05) is 11.9 Å². The van der Waals surface area contributed by atoms with Gasteiger partial charge in [-0.1, -0.05) is 54.7 Å². The van der Waals surface area contributed by atoms with Gasteiger partial charge in [-0.3, -0.25) is 14.5 Å². The molecule has 1 aliphatic heterocycles. The van der Waals surface area contributed by atoms with Crippen molar-refractivity contribution in [1.29, 1.82) is 0 Å². The number of anilines is 1. The maximum Gasteiger partial charge on any atom is 0.266 e. The predicted molar refractivity (Wildman–Crippen MR) is 122 cm³/mol. The topological polar surface area (TPSA) is 49.4 Å². The Kier molecular flexibility index (Phi) is 7.42. The number of thiophene rings is 1. The molecule has 1 aromatic heterocycles. The van der Waals surface area contributed by atoms with Gasteiger partial charge < -0.3 is 5.32 Å². The highest BCUT2D eigenvalue weighted by Gasteiger charge is 2.31. The molecule has 2 heterocycles. The summed E-state index contributed by atoms with van der Waals surface area (Å²) in [7, 11) is 0. The number of nitrogens with zero attached hydrogens (tertiary/aromatic N) is 1. The Morgan fingerprint density at radius 1 is 1.18 bits per heavy atom. The van der Waals surface area contributed by atoms with Crippen molar-refractivity contribution < 1.29 is 9.59 Å². The van der Waals surface area contributed by atoms with Crippen molar-refractivity contribution in [3.8, 4) is 0 Å². The number of nitrogens with one attached hydrogen (secondary N) is 1. The largest absolute Gasteiger partial charge is 0.326 e. The first-order chi connectivity index (χ1) is 13.5. The standard InChI is InChI=1S/C21H22N2O2S3/c1-15-8-4-5-10-17(15)22-19(24)11-3-2-6-12-23-20(25)18(28-21(23)26)14-16-9-7-13-27-16/h4-5,7-10,13-14H,2-3,6,11-12H2,1H3,(H,22,24)/b18-14-. The third-order valence-electron chi connectivity index (χ3n) is 4.39. The van der Waals surface area contributed by atoms with Gasteiger partial charge in [0, 0.05) is 23.5 Å². The molecule has 0 atom stereocenters. The maximum atomic E-state index is 12.5. The van der Waals surface area contributed by atoms with E-state index in [2.05, 4.69) is 5.32 Å². The average Bonchev–Trinajstić information content (AvgIpc) is 3.27. The Hall–Kier alpha value is -1.96. The zero-order chi connectivity index (χ0) is 19.9. The van der Waals surface area contributed by atoms with Crippen LogP contribution in [-0.2, 0) is 9.59 Å². The predicted octanol–water partition coefficient (Wildman–Crippen LogP) is 5.46. The molecular formula is C21H22N2O2S3. The van der Waals surface area contributed by atoms with E-state index in [1.807, 2.05) is 54.8 Å². The summed E-state index contributed by atoms with van der Waals surface area (Å²) in [4.78, 5) is 28.0. The monoisotopic (exact) mass is 430 g/mol. The summed E-state index contributed by atoms with van der Waals surface area (Å²) >= 11 is 8.33. The first kappa shape index (κ1) is 20.8. The SMILES string of the molecule is Cc1ccccc1NC(=O)CCCCCN1C(=O)/C(=C/c2cccs2)SC1=S. The first-order valence-electron chi connectivity index (χ1n) is 9.19. The molecule has 0 saturated carbocycles. The van der Waals surface area contributed by atoms with Crippen LogP contribution in [0.5, 0.6) is 0 Å². The van der Waals surface area contributed by atoms with Gasteiger partial charge in [0.25, 0.3) is 5.91 Å². The van der Waals surface area contributed by atoms with E-state index in [4.69, 9.17) is 12.2 Å². The second-order valence-corrected chi connectivity index (χ2v) is 9.18. The lowest BCUT2D eigenvalue weighted by Gasteiger charge is -2.14. The summed E-state index contributed by atoms with van der Waals surface area (Å²) in [6, 6.07) is 11.7. The lowest BCUT2D eigenvalue weighted by molar-refractivity contribution is -0.122. The fourth-order valence-corrected chi connectivity index (χ4v) is 4.88. The van der Waals surface area contributed by atoms with Crippen LogP contribution in [0.4, 0.5) is 5.69 Å². The van der Waals surface area contributed by atoms with Gasteiger partial charge >= 0.3 is 0 Å². The normalized spacial score (nSPS) is 15.5.